The molecule has 1 heterocycles. The SMILES string of the molecule is CC(CN)CCC1CCCN1C. The maximum Gasteiger partial charge on any atom is 0.00927 e. The van der Waals surface area contributed by atoms with E-state index >= 15 is 0 Å². The van der Waals surface area contributed by atoms with Gasteiger partial charge in [-0.3, -0.25) is 0 Å². The summed E-state index contributed by atoms with van der Waals surface area (Å²) in [5.41, 5.74) is 5.58. The summed E-state index contributed by atoms with van der Waals surface area (Å²) >= 11 is 0. The molecule has 2 unspecified atom stereocenters. The molecule has 72 valence electrons. The van der Waals surface area contributed by atoms with E-state index in [0.29, 0.717) is 5.92 Å². The summed E-state index contributed by atoms with van der Waals surface area (Å²) in [6.45, 7) is 4.38. The summed E-state index contributed by atoms with van der Waals surface area (Å²) in [5.74, 6) is 0.707. The molecular formula is C10H22N2. The van der Waals surface area contributed by atoms with Crippen molar-refractivity contribution in [1.82, 2.24) is 4.90 Å². The van der Waals surface area contributed by atoms with Crippen LogP contribution in [0.1, 0.15) is 32.6 Å². The van der Waals surface area contributed by atoms with E-state index in [2.05, 4.69) is 18.9 Å². The molecule has 0 aromatic rings. The molecule has 0 spiro atoms. The summed E-state index contributed by atoms with van der Waals surface area (Å²) in [5, 5.41) is 0. The van der Waals surface area contributed by atoms with Crippen molar-refractivity contribution in [2.75, 3.05) is 20.1 Å². The minimum Gasteiger partial charge on any atom is -0.330 e. The van der Waals surface area contributed by atoms with Crippen LogP contribution in [-0.2, 0) is 0 Å². The van der Waals surface area contributed by atoms with Gasteiger partial charge >= 0.3 is 0 Å². The summed E-state index contributed by atoms with van der Waals surface area (Å²) in [6.07, 6.45) is 5.42. The number of hydrogen-bond donors (Lipinski definition) is 1. The van der Waals surface area contributed by atoms with Crippen LogP contribution in [-0.4, -0.2) is 31.1 Å². The third-order valence-electron chi connectivity index (χ3n) is 3.07. The van der Waals surface area contributed by atoms with Crippen molar-refractivity contribution in [2.45, 2.75) is 38.6 Å². The predicted octanol–water partition coefficient (Wildman–Crippen LogP) is 1.46. The highest BCUT2D eigenvalue weighted by atomic mass is 15.1. The first-order valence-electron chi connectivity index (χ1n) is 5.14. The van der Waals surface area contributed by atoms with Crippen molar-refractivity contribution in [3.8, 4) is 0 Å². The van der Waals surface area contributed by atoms with E-state index in [1.54, 1.807) is 0 Å². The maximum atomic E-state index is 5.58. The molecule has 2 heteroatoms. The third-order valence-corrected chi connectivity index (χ3v) is 3.07. The van der Waals surface area contributed by atoms with E-state index in [1.807, 2.05) is 0 Å². The Morgan fingerprint density at radius 2 is 2.33 bits per heavy atom. The molecule has 1 fully saturated rings. The van der Waals surface area contributed by atoms with Gasteiger partial charge in [-0.25, -0.2) is 0 Å². The number of likely N-dealkylation sites (tertiary alicyclic amines) is 1. The van der Waals surface area contributed by atoms with Crippen LogP contribution in [0.15, 0.2) is 0 Å². The van der Waals surface area contributed by atoms with Crippen molar-refractivity contribution < 1.29 is 0 Å². The van der Waals surface area contributed by atoms with Gasteiger partial charge in [0.1, 0.15) is 0 Å². The fourth-order valence-corrected chi connectivity index (χ4v) is 1.94. The lowest BCUT2D eigenvalue weighted by molar-refractivity contribution is 0.280. The summed E-state index contributed by atoms with van der Waals surface area (Å²) in [7, 11) is 2.24. The zero-order valence-electron chi connectivity index (χ0n) is 8.42. The molecule has 12 heavy (non-hydrogen) atoms. The summed E-state index contributed by atoms with van der Waals surface area (Å²) in [6, 6.07) is 0.846. The molecule has 0 aliphatic carbocycles. The van der Waals surface area contributed by atoms with E-state index in [-0.39, 0.29) is 0 Å². The first-order chi connectivity index (χ1) is 5.74. The van der Waals surface area contributed by atoms with Gasteiger partial charge < -0.3 is 10.6 Å². The minimum absolute atomic E-state index is 0.707. The van der Waals surface area contributed by atoms with Gasteiger partial charge in [-0.1, -0.05) is 6.92 Å². The van der Waals surface area contributed by atoms with Crippen LogP contribution in [0.3, 0.4) is 0 Å². The Hall–Kier alpha value is -0.0800. The standard InChI is InChI=1S/C10H22N2/c1-9(8-11)5-6-10-4-3-7-12(10)2/h9-10H,3-8,11H2,1-2H3. The fourth-order valence-electron chi connectivity index (χ4n) is 1.94. The largest absolute Gasteiger partial charge is 0.330 e. The van der Waals surface area contributed by atoms with Crippen LogP contribution in [0.4, 0.5) is 0 Å². The van der Waals surface area contributed by atoms with Crippen LogP contribution >= 0.6 is 0 Å². The maximum absolute atomic E-state index is 5.58. The van der Waals surface area contributed by atoms with Crippen LogP contribution in [0.25, 0.3) is 0 Å². The van der Waals surface area contributed by atoms with Gasteiger partial charge in [0.15, 0.2) is 0 Å². The second-order valence-electron chi connectivity index (χ2n) is 4.19. The Balaban J connectivity index is 2.13. The zero-order valence-corrected chi connectivity index (χ0v) is 8.42. The van der Waals surface area contributed by atoms with Crippen molar-refractivity contribution in [3.63, 3.8) is 0 Å². The second-order valence-corrected chi connectivity index (χ2v) is 4.19. The number of nitrogens with two attached hydrogens (primary N) is 1. The van der Waals surface area contributed by atoms with Gasteiger partial charge in [-0.15, -0.1) is 0 Å². The molecule has 1 aliphatic heterocycles. The van der Waals surface area contributed by atoms with Crippen LogP contribution in [0, 0.1) is 5.92 Å². The highest BCUT2D eigenvalue weighted by molar-refractivity contribution is 4.76. The Bertz CT molecular complexity index is 125. The summed E-state index contributed by atoms with van der Waals surface area (Å²) in [4.78, 5) is 2.49. The van der Waals surface area contributed by atoms with Gasteiger partial charge in [0.2, 0.25) is 0 Å². The molecule has 2 nitrogen and oxygen atoms in total. The van der Waals surface area contributed by atoms with Gasteiger partial charge in [-0.05, 0) is 51.7 Å². The van der Waals surface area contributed by atoms with E-state index in [4.69, 9.17) is 5.73 Å². The topological polar surface area (TPSA) is 29.3 Å². The monoisotopic (exact) mass is 170 g/mol. The highest BCUT2D eigenvalue weighted by Crippen LogP contribution is 2.20. The van der Waals surface area contributed by atoms with Gasteiger partial charge in [0.05, 0.1) is 0 Å². The molecule has 0 saturated carbocycles. The molecule has 0 amide bonds. The lowest BCUT2D eigenvalue weighted by atomic mass is 10.0. The van der Waals surface area contributed by atoms with Crippen molar-refractivity contribution in [2.24, 2.45) is 11.7 Å². The van der Waals surface area contributed by atoms with Crippen molar-refractivity contribution >= 4 is 0 Å². The molecule has 1 aliphatic rings. The molecule has 0 aromatic carbocycles. The van der Waals surface area contributed by atoms with E-state index in [1.165, 1.54) is 32.2 Å². The third kappa shape index (κ3) is 2.76. The smallest absolute Gasteiger partial charge is 0.00927 e. The molecule has 0 bridgehead atoms. The zero-order chi connectivity index (χ0) is 8.97. The Morgan fingerprint density at radius 3 is 2.83 bits per heavy atom. The van der Waals surface area contributed by atoms with E-state index < -0.39 is 0 Å². The molecular weight excluding hydrogens is 148 g/mol. The predicted molar refractivity (Wildman–Crippen MR) is 53.1 cm³/mol. The summed E-state index contributed by atoms with van der Waals surface area (Å²) < 4.78 is 0. The average molecular weight is 170 g/mol. The second kappa shape index (κ2) is 4.83. The first-order valence-corrected chi connectivity index (χ1v) is 5.14. The van der Waals surface area contributed by atoms with Crippen LogP contribution < -0.4 is 5.73 Å². The van der Waals surface area contributed by atoms with E-state index in [9.17, 15) is 0 Å². The van der Waals surface area contributed by atoms with Gasteiger partial charge in [0, 0.05) is 6.04 Å². The Morgan fingerprint density at radius 1 is 1.58 bits per heavy atom. The quantitative estimate of drug-likeness (QED) is 0.692. The van der Waals surface area contributed by atoms with Crippen LogP contribution in [0.5, 0.6) is 0 Å². The van der Waals surface area contributed by atoms with E-state index in [0.717, 1.165) is 12.6 Å². The number of rotatable bonds is 4. The molecule has 1 rings (SSSR count). The molecule has 0 aromatic heterocycles. The molecule has 2 atom stereocenters. The Kier molecular flexibility index (Phi) is 4.02. The van der Waals surface area contributed by atoms with Gasteiger partial charge in [-0.2, -0.15) is 0 Å². The highest BCUT2D eigenvalue weighted by Gasteiger charge is 2.20. The fraction of sp³-hybridized carbons (Fsp3) is 1.00. The normalized spacial score (nSPS) is 27.8. The number of hydrogen-bond acceptors (Lipinski definition) is 2. The lowest BCUT2D eigenvalue weighted by Crippen LogP contribution is -2.25. The minimum atomic E-state index is 0.707. The van der Waals surface area contributed by atoms with Crippen molar-refractivity contribution in [1.29, 1.82) is 0 Å². The van der Waals surface area contributed by atoms with Crippen LogP contribution in [0.2, 0.25) is 0 Å². The number of nitrogens with zero attached hydrogens (tertiary/aromatic N) is 1. The molecule has 2 N–H and O–H groups in total. The first kappa shape index (κ1) is 10.0. The molecule has 1 saturated heterocycles. The molecule has 0 radical (unpaired) electrons. The Labute approximate surface area is 76.1 Å². The average Bonchev–Trinajstić information content (AvgIpc) is 2.47. The lowest BCUT2D eigenvalue weighted by Gasteiger charge is -2.20. The van der Waals surface area contributed by atoms with Crippen molar-refractivity contribution in [3.05, 3.63) is 0 Å². The van der Waals surface area contributed by atoms with Gasteiger partial charge in [0.25, 0.3) is 0 Å².